The van der Waals surface area contributed by atoms with Crippen molar-refractivity contribution in [1.29, 1.82) is 0 Å². The molecule has 3 aromatic rings. The molecule has 0 aliphatic heterocycles. The van der Waals surface area contributed by atoms with E-state index in [1.165, 1.54) is 11.1 Å². The summed E-state index contributed by atoms with van der Waals surface area (Å²) in [6, 6.07) is 18.7. The maximum atomic E-state index is 5.71. The third-order valence-electron chi connectivity index (χ3n) is 3.89. The summed E-state index contributed by atoms with van der Waals surface area (Å²) in [5.74, 6) is 0.843. The largest absolute Gasteiger partial charge is 0.496 e. The fraction of sp³-hybridized carbons (Fsp3) is 0.150. The molecule has 0 aliphatic carbocycles. The van der Waals surface area contributed by atoms with Gasteiger partial charge in [-0.05, 0) is 47.9 Å². The van der Waals surface area contributed by atoms with E-state index in [0.717, 1.165) is 28.1 Å². The molecule has 0 aliphatic rings. The first-order valence-electron chi connectivity index (χ1n) is 7.61. The van der Waals surface area contributed by atoms with Gasteiger partial charge >= 0.3 is 0 Å². The van der Waals surface area contributed by atoms with Gasteiger partial charge in [-0.3, -0.25) is 4.98 Å². The highest BCUT2D eigenvalue weighted by Gasteiger charge is 2.09. The number of aromatic nitrogens is 1. The highest BCUT2D eigenvalue weighted by atomic mass is 16.5. The number of nitrogens with zero attached hydrogens (tertiary/aromatic N) is 1. The van der Waals surface area contributed by atoms with Crippen LogP contribution in [0.2, 0.25) is 0 Å². The maximum absolute atomic E-state index is 5.71. The highest BCUT2D eigenvalue weighted by molar-refractivity contribution is 5.78. The molecule has 3 nitrogen and oxygen atoms in total. The summed E-state index contributed by atoms with van der Waals surface area (Å²) in [7, 11) is 1.69. The van der Waals surface area contributed by atoms with Gasteiger partial charge in [0.15, 0.2) is 0 Å². The van der Waals surface area contributed by atoms with Crippen molar-refractivity contribution in [3.05, 3.63) is 72.1 Å². The molecule has 0 saturated carbocycles. The lowest BCUT2D eigenvalue weighted by Crippen LogP contribution is -1.99. The molecule has 0 radical (unpaired) electrons. The first-order valence-corrected chi connectivity index (χ1v) is 7.61. The van der Waals surface area contributed by atoms with Crippen molar-refractivity contribution < 1.29 is 4.74 Å². The molecule has 23 heavy (non-hydrogen) atoms. The second-order valence-electron chi connectivity index (χ2n) is 5.52. The number of methoxy groups -OCH3 is 1. The SMILES string of the molecule is COc1ccc(-c2cccc(C)c2)cc1-c1ccnc(CN)c1. The van der Waals surface area contributed by atoms with Crippen LogP contribution in [-0.4, -0.2) is 12.1 Å². The normalized spacial score (nSPS) is 10.6. The Morgan fingerprint density at radius 1 is 0.957 bits per heavy atom. The maximum Gasteiger partial charge on any atom is 0.126 e. The number of hydrogen-bond acceptors (Lipinski definition) is 3. The number of nitrogens with two attached hydrogens (primary N) is 1. The lowest BCUT2D eigenvalue weighted by Gasteiger charge is -2.12. The second kappa shape index (κ2) is 6.63. The van der Waals surface area contributed by atoms with Crippen molar-refractivity contribution in [1.82, 2.24) is 4.98 Å². The van der Waals surface area contributed by atoms with Crippen LogP contribution in [0.15, 0.2) is 60.8 Å². The molecule has 0 atom stereocenters. The highest BCUT2D eigenvalue weighted by Crippen LogP contribution is 2.34. The smallest absolute Gasteiger partial charge is 0.126 e. The van der Waals surface area contributed by atoms with Gasteiger partial charge in [0.2, 0.25) is 0 Å². The molecule has 2 N–H and O–H groups in total. The summed E-state index contributed by atoms with van der Waals surface area (Å²) < 4.78 is 5.54. The Bertz CT molecular complexity index is 827. The average molecular weight is 304 g/mol. The molecule has 0 unspecified atom stereocenters. The second-order valence-corrected chi connectivity index (χ2v) is 5.52. The van der Waals surface area contributed by atoms with E-state index in [1.807, 2.05) is 18.2 Å². The van der Waals surface area contributed by atoms with E-state index in [9.17, 15) is 0 Å². The Labute approximate surface area is 136 Å². The molecule has 0 saturated heterocycles. The zero-order valence-corrected chi connectivity index (χ0v) is 13.4. The van der Waals surface area contributed by atoms with Crippen molar-refractivity contribution in [3.8, 4) is 28.0 Å². The van der Waals surface area contributed by atoms with E-state index < -0.39 is 0 Å². The van der Waals surface area contributed by atoms with Crippen LogP contribution in [0.3, 0.4) is 0 Å². The van der Waals surface area contributed by atoms with E-state index in [4.69, 9.17) is 10.5 Å². The lowest BCUT2D eigenvalue weighted by atomic mass is 9.97. The summed E-state index contributed by atoms with van der Waals surface area (Å²) in [6.45, 7) is 2.53. The van der Waals surface area contributed by atoms with Crippen LogP contribution in [0, 0.1) is 6.92 Å². The van der Waals surface area contributed by atoms with E-state index in [1.54, 1.807) is 13.3 Å². The van der Waals surface area contributed by atoms with Crippen LogP contribution < -0.4 is 10.5 Å². The minimum absolute atomic E-state index is 0.424. The van der Waals surface area contributed by atoms with Crippen LogP contribution in [0.4, 0.5) is 0 Å². The standard InChI is InChI=1S/C20H20N2O/c1-14-4-3-5-15(10-14)16-6-7-20(23-2)19(12-16)17-8-9-22-18(11-17)13-21/h3-12H,13,21H2,1-2H3. The minimum Gasteiger partial charge on any atom is -0.496 e. The summed E-state index contributed by atoms with van der Waals surface area (Å²) in [4.78, 5) is 4.27. The Morgan fingerprint density at radius 3 is 2.52 bits per heavy atom. The van der Waals surface area contributed by atoms with Crippen molar-refractivity contribution in [2.75, 3.05) is 7.11 Å². The Morgan fingerprint density at radius 2 is 1.78 bits per heavy atom. The van der Waals surface area contributed by atoms with Crippen molar-refractivity contribution in [3.63, 3.8) is 0 Å². The van der Waals surface area contributed by atoms with Gasteiger partial charge in [0.25, 0.3) is 0 Å². The summed E-state index contributed by atoms with van der Waals surface area (Å²) in [5, 5.41) is 0. The summed E-state index contributed by atoms with van der Waals surface area (Å²) >= 11 is 0. The molecule has 0 fully saturated rings. The van der Waals surface area contributed by atoms with Gasteiger partial charge in [-0.15, -0.1) is 0 Å². The zero-order valence-electron chi connectivity index (χ0n) is 13.4. The van der Waals surface area contributed by atoms with Gasteiger partial charge in [-0.2, -0.15) is 0 Å². The van der Waals surface area contributed by atoms with E-state index in [2.05, 4.69) is 48.3 Å². The fourth-order valence-corrected chi connectivity index (χ4v) is 2.70. The van der Waals surface area contributed by atoms with Crippen LogP contribution in [0.25, 0.3) is 22.3 Å². The molecule has 0 spiro atoms. The van der Waals surface area contributed by atoms with Gasteiger partial charge in [-0.1, -0.05) is 35.9 Å². The van der Waals surface area contributed by atoms with Gasteiger partial charge < -0.3 is 10.5 Å². The molecule has 3 heteroatoms. The fourth-order valence-electron chi connectivity index (χ4n) is 2.70. The first-order chi connectivity index (χ1) is 11.2. The predicted molar refractivity (Wildman–Crippen MR) is 94.3 cm³/mol. The predicted octanol–water partition coefficient (Wildman–Crippen LogP) is 4.19. The van der Waals surface area contributed by atoms with E-state index >= 15 is 0 Å². The van der Waals surface area contributed by atoms with E-state index in [0.29, 0.717) is 6.54 Å². The van der Waals surface area contributed by atoms with Crippen LogP contribution in [0.5, 0.6) is 5.75 Å². The third kappa shape index (κ3) is 3.25. The number of pyridine rings is 1. The first kappa shape index (κ1) is 15.3. The average Bonchev–Trinajstić information content (AvgIpc) is 2.61. The molecule has 1 heterocycles. The number of hydrogen-bond donors (Lipinski definition) is 1. The van der Waals surface area contributed by atoms with Crippen LogP contribution >= 0.6 is 0 Å². The molecular formula is C20H20N2O. The molecule has 1 aromatic heterocycles. The number of aryl methyl sites for hydroxylation is 1. The van der Waals surface area contributed by atoms with Crippen LogP contribution in [0.1, 0.15) is 11.3 Å². The number of benzene rings is 2. The molecule has 0 bridgehead atoms. The number of ether oxygens (including phenoxy) is 1. The van der Waals surface area contributed by atoms with Crippen molar-refractivity contribution in [2.24, 2.45) is 5.73 Å². The quantitative estimate of drug-likeness (QED) is 0.786. The van der Waals surface area contributed by atoms with Gasteiger partial charge in [0.05, 0.1) is 12.8 Å². The minimum atomic E-state index is 0.424. The van der Waals surface area contributed by atoms with Gasteiger partial charge in [-0.25, -0.2) is 0 Å². The molecule has 2 aromatic carbocycles. The summed E-state index contributed by atoms with van der Waals surface area (Å²) in [6.07, 6.45) is 1.79. The van der Waals surface area contributed by atoms with Crippen molar-refractivity contribution >= 4 is 0 Å². The third-order valence-corrected chi connectivity index (χ3v) is 3.89. The molecular weight excluding hydrogens is 284 g/mol. The topological polar surface area (TPSA) is 48.1 Å². The Kier molecular flexibility index (Phi) is 4.40. The monoisotopic (exact) mass is 304 g/mol. The summed E-state index contributed by atoms with van der Waals surface area (Å²) in [5.41, 5.74) is 12.3. The lowest BCUT2D eigenvalue weighted by molar-refractivity contribution is 0.416. The molecule has 0 amide bonds. The Hall–Kier alpha value is -2.65. The van der Waals surface area contributed by atoms with Gasteiger partial charge in [0, 0.05) is 18.3 Å². The van der Waals surface area contributed by atoms with Gasteiger partial charge in [0.1, 0.15) is 5.75 Å². The zero-order chi connectivity index (χ0) is 16.2. The molecule has 3 rings (SSSR count). The van der Waals surface area contributed by atoms with Crippen LogP contribution in [-0.2, 0) is 6.54 Å². The molecule has 116 valence electrons. The Balaban J connectivity index is 2.13. The number of rotatable bonds is 4. The van der Waals surface area contributed by atoms with Crippen molar-refractivity contribution in [2.45, 2.75) is 13.5 Å². The van der Waals surface area contributed by atoms with E-state index in [-0.39, 0.29) is 0 Å².